The topological polar surface area (TPSA) is 63.4 Å². The molecule has 1 aliphatic rings. The minimum atomic E-state index is -3.01. The van der Waals surface area contributed by atoms with E-state index in [1.807, 2.05) is 30.3 Å². The van der Waals surface area contributed by atoms with Crippen LogP contribution in [0.3, 0.4) is 0 Å². The molecule has 0 spiro atoms. The third-order valence-corrected chi connectivity index (χ3v) is 5.54. The van der Waals surface area contributed by atoms with Gasteiger partial charge in [0.05, 0.1) is 12.2 Å². The van der Waals surface area contributed by atoms with Crippen molar-refractivity contribution in [1.82, 2.24) is 24.5 Å². The molecule has 6 nitrogen and oxygen atoms in total. The zero-order valence-electron chi connectivity index (χ0n) is 16.3. The van der Waals surface area contributed by atoms with Gasteiger partial charge in [-0.25, -0.2) is 18.3 Å². The van der Waals surface area contributed by atoms with E-state index in [1.165, 1.54) is 15.7 Å². The van der Waals surface area contributed by atoms with Crippen molar-refractivity contribution in [3.8, 4) is 0 Å². The van der Waals surface area contributed by atoms with E-state index in [1.54, 1.807) is 25.1 Å². The SMILES string of the molecule is Cc1cc(C2CN(C(=O)c3cccc4ccccc34)CC(F)(F)C2)n2ncnc2n1. The summed E-state index contributed by atoms with van der Waals surface area (Å²) in [5, 5.41) is 5.81. The Morgan fingerprint density at radius 3 is 2.83 bits per heavy atom. The fraction of sp³-hybridized carbons (Fsp3) is 0.273. The van der Waals surface area contributed by atoms with Crippen LogP contribution in [-0.4, -0.2) is 49.4 Å². The number of hydrogen-bond acceptors (Lipinski definition) is 4. The molecule has 30 heavy (non-hydrogen) atoms. The van der Waals surface area contributed by atoms with E-state index < -0.39 is 24.3 Å². The molecule has 1 aliphatic heterocycles. The first-order valence-corrected chi connectivity index (χ1v) is 9.73. The number of aromatic nitrogens is 4. The van der Waals surface area contributed by atoms with Crippen LogP contribution < -0.4 is 0 Å². The smallest absolute Gasteiger partial charge is 0.266 e. The van der Waals surface area contributed by atoms with Gasteiger partial charge < -0.3 is 4.90 Å². The molecule has 2 aromatic heterocycles. The molecule has 1 atom stereocenters. The van der Waals surface area contributed by atoms with Crippen LogP contribution in [0.4, 0.5) is 8.78 Å². The molecule has 2 aromatic carbocycles. The molecule has 0 N–H and O–H groups in total. The standard InChI is InChI=1S/C22H19F2N5O/c1-14-9-19(29-21(27-14)25-13-26-29)16-10-22(23,24)12-28(11-16)20(30)18-8-4-6-15-5-2-3-7-17(15)18/h2-9,13,16H,10-12H2,1H3. The van der Waals surface area contributed by atoms with Crippen LogP contribution in [-0.2, 0) is 0 Å². The van der Waals surface area contributed by atoms with Crippen molar-refractivity contribution in [1.29, 1.82) is 0 Å². The molecule has 1 fully saturated rings. The first-order chi connectivity index (χ1) is 14.4. The molecular formula is C22H19F2N5O. The van der Waals surface area contributed by atoms with Gasteiger partial charge in [-0.2, -0.15) is 10.1 Å². The number of amides is 1. The molecule has 1 unspecified atom stereocenters. The maximum atomic E-state index is 14.8. The third kappa shape index (κ3) is 3.18. The van der Waals surface area contributed by atoms with Gasteiger partial charge in [-0.1, -0.05) is 36.4 Å². The lowest BCUT2D eigenvalue weighted by atomic mass is 9.91. The van der Waals surface area contributed by atoms with Crippen LogP contribution in [0.2, 0.25) is 0 Å². The largest absolute Gasteiger partial charge is 0.332 e. The molecular weight excluding hydrogens is 388 g/mol. The zero-order chi connectivity index (χ0) is 20.9. The number of benzene rings is 2. The second-order valence-corrected chi connectivity index (χ2v) is 7.76. The molecule has 3 heterocycles. The van der Waals surface area contributed by atoms with E-state index in [-0.39, 0.29) is 13.0 Å². The Kier molecular flexibility index (Phi) is 4.23. The number of halogens is 2. The lowest BCUT2D eigenvalue weighted by Crippen LogP contribution is -2.49. The van der Waals surface area contributed by atoms with Crippen LogP contribution in [0, 0.1) is 6.92 Å². The summed E-state index contributed by atoms with van der Waals surface area (Å²) in [6.07, 6.45) is 0.996. The lowest BCUT2D eigenvalue weighted by Gasteiger charge is -2.38. The quantitative estimate of drug-likeness (QED) is 0.506. The summed E-state index contributed by atoms with van der Waals surface area (Å²) in [5.41, 5.74) is 1.69. The van der Waals surface area contributed by atoms with Crippen LogP contribution in [0.25, 0.3) is 16.6 Å². The normalized spacial score (nSPS) is 18.8. The predicted octanol–water partition coefficient (Wildman–Crippen LogP) is 3.85. The number of carbonyl (C=O) groups is 1. The van der Waals surface area contributed by atoms with Gasteiger partial charge in [0, 0.05) is 30.1 Å². The maximum Gasteiger partial charge on any atom is 0.266 e. The second kappa shape index (κ2) is 6.83. The average molecular weight is 407 g/mol. The van der Waals surface area contributed by atoms with Crippen molar-refractivity contribution in [2.24, 2.45) is 0 Å². The molecule has 1 amide bonds. The highest BCUT2D eigenvalue weighted by molar-refractivity contribution is 6.07. The molecule has 0 aliphatic carbocycles. The van der Waals surface area contributed by atoms with Gasteiger partial charge in [0.25, 0.3) is 17.6 Å². The van der Waals surface area contributed by atoms with Crippen molar-refractivity contribution in [3.63, 3.8) is 0 Å². The summed E-state index contributed by atoms with van der Waals surface area (Å²) in [4.78, 5) is 22.9. The van der Waals surface area contributed by atoms with E-state index in [4.69, 9.17) is 0 Å². The number of hydrogen-bond donors (Lipinski definition) is 0. The van der Waals surface area contributed by atoms with E-state index >= 15 is 0 Å². The number of piperidine rings is 1. The van der Waals surface area contributed by atoms with Gasteiger partial charge >= 0.3 is 0 Å². The summed E-state index contributed by atoms with van der Waals surface area (Å²) in [7, 11) is 0. The first kappa shape index (κ1) is 18.6. The Bertz CT molecular complexity index is 1260. The van der Waals surface area contributed by atoms with Crippen molar-refractivity contribution >= 4 is 22.5 Å². The van der Waals surface area contributed by atoms with Crippen molar-refractivity contribution in [2.75, 3.05) is 13.1 Å². The lowest BCUT2D eigenvalue weighted by molar-refractivity contribution is -0.0640. The number of rotatable bonds is 2. The Labute approximate surface area is 171 Å². The van der Waals surface area contributed by atoms with Gasteiger partial charge in [-0.15, -0.1) is 0 Å². The number of alkyl halides is 2. The fourth-order valence-electron chi connectivity index (χ4n) is 4.28. The van der Waals surface area contributed by atoms with E-state index in [0.29, 0.717) is 22.7 Å². The molecule has 0 saturated carbocycles. The minimum absolute atomic E-state index is 0.177. The first-order valence-electron chi connectivity index (χ1n) is 9.73. The predicted molar refractivity (Wildman–Crippen MR) is 108 cm³/mol. The Morgan fingerprint density at radius 2 is 1.97 bits per heavy atom. The number of fused-ring (bicyclic) bond motifs is 2. The summed E-state index contributed by atoms with van der Waals surface area (Å²) in [5.74, 6) is -3.62. The molecule has 4 aromatic rings. The third-order valence-electron chi connectivity index (χ3n) is 5.54. The summed E-state index contributed by atoms with van der Waals surface area (Å²) < 4.78 is 31.0. The highest BCUT2D eigenvalue weighted by Gasteiger charge is 2.43. The fourth-order valence-corrected chi connectivity index (χ4v) is 4.28. The van der Waals surface area contributed by atoms with Gasteiger partial charge in [-0.05, 0) is 29.8 Å². The molecule has 1 saturated heterocycles. The van der Waals surface area contributed by atoms with Crippen molar-refractivity contribution in [3.05, 3.63) is 71.8 Å². The molecule has 0 radical (unpaired) electrons. The van der Waals surface area contributed by atoms with E-state index in [2.05, 4.69) is 15.1 Å². The Morgan fingerprint density at radius 1 is 1.17 bits per heavy atom. The summed E-state index contributed by atoms with van der Waals surface area (Å²) in [6.45, 7) is 1.37. The van der Waals surface area contributed by atoms with Crippen molar-refractivity contribution < 1.29 is 13.6 Å². The van der Waals surface area contributed by atoms with Gasteiger partial charge in [0.15, 0.2) is 0 Å². The summed E-state index contributed by atoms with van der Waals surface area (Å²) >= 11 is 0. The van der Waals surface area contributed by atoms with Gasteiger partial charge in [0.2, 0.25) is 0 Å². The van der Waals surface area contributed by atoms with E-state index in [9.17, 15) is 13.6 Å². The molecule has 5 rings (SSSR count). The van der Waals surface area contributed by atoms with Crippen LogP contribution >= 0.6 is 0 Å². The maximum absolute atomic E-state index is 14.8. The van der Waals surface area contributed by atoms with Gasteiger partial charge in [0.1, 0.15) is 6.33 Å². The average Bonchev–Trinajstić information content (AvgIpc) is 3.19. The number of aryl methyl sites for hydroxylation is 1. The second-order valence-electron chi connectivity index (χ2n) is 7.76. The van der Waals surface area contributed by atoms with Crippen molar-refractivity contribution in [2.45, 2.75) is 25.2 Å². The number of carbonyl (C=O) groups excluding carboxylic acids is 1. The Balaban J connectivity index is 1.54. The number of nitrogens with zero attached hydrogens (tertiary/aromatic N) is 5. The zero-order valence-corrected chi connectivity index (χ0v) is 16.3. The van der Waals surface area contributed by atoms with Crippen LogP contribution in [0.1, 0.15) is 34.1 Å². The number of likely N-dealkylation sites (tertiary alicyclic amines) is 1. The Hall–Kier alpha value is -3.42. The molecule has 8 heteroatoms. The highest BCUT2D eigenvalue weighted by atomic mass is 19.3. The minimum Gasteiger partial charge on any atom is -0.332 e. The summed E-state index contributed by atoms with van der Waals surface area (Å²) in [6, 6.07) is 14.6. The molecule has 0 bridgehead atoms. The monoisotopic (exact) mass is 407 g/mol. The van der Waals surface area contributed by atoms with Gasteiger partial charge in [-0.3, -0.25) is 4.79 Å². The van der Waals surface area contributed by atoms with Crippen LogP contribution in [0.15, 0.2) is 54.9 Å². The van der Waals surface area contributed by atoms with Crippen LogP contribution in [0.5, 0.6) is 0 Å². The highest BCUT2D eigenvalue weighted by Crippen LogP contribution is 2.37. The van der Waals surface area contributed by atoms with E-state index in [0.717, 1.165) is 10.8 Å². The molecule has 152 valence electrons.